The number of rotatable bonds is 4. The van der Waals surface area contributed by atoms with Crippen molar-refractivity contribution in [3.05, 3.63) is 48.0 Å². The molecule has 1 N–H and O–H groups in total. The van der Waals surface area contributed by atoms with Crippen molar-refractivity contribution in [1.82, 2.24) is 4.90 Å². The second-order valence-corrected chi connectivity index (χ2v) is 6.37. The predicted molar refractivity (Wildman–Crippen MR) is 96.1 cm³/mol. The number of fused-ring (bicyclic) bond motifs is 1. The van der Waals surface area contributed by atoms with Crippen molar-refractivity contribution in [1.29, 1.82) is 0 Å². The van der Waals surface area contributed by atoms with E-state index in [0.717, 1.165) is 5.56 Å². The molecule has 2 aromatic rings. The van der Waals surface area contributed by atoms with Crippen molar-refractivity contribution in [2.75, 3.05) is 31.8 Å². The fourth-order valence-electron chi connectivity index (χ4n) is 2.42. The molecule has 1 heterocycles. The van der Waals surface area contributed by atoms with Crippen molar-refractivity contribution in [3.63, 3.8) is 0 Å². The first kappa shape index (κ1) is 16.5. The van der Waals surface area contributed by atoms with Gasteiger partial charge in [0.25, 0.3) is 0 Å². The van der Waals surface area contributed by atoms with Crippen molar-refractivity contribution >= 4 is 23.5 Å². The Balaban J connectivity index is 1.61. The Kier molecular flexibility index (Phi) is 5.15. The summed E-state index contributed by atoms with van der Waals surface area (Å²) < 4.78 is 11.0. The number of hydrogen-bond acceptors (Lipinski definition) is 4. The van der Waals surface area contributed by atoms with Crippen molar-refractivity contribution in [2.24, 2.45) is 0 Å². The first-order valence-electron chi connectivity index (χ1n) is 7.70. The molecule has 2 aromatic carbocycles. The minimum absolute atomic E-state index is 0.166. The zero-order chi connectivity index (χ0) is 16.9. The van der Waals surface area contributed by atoms with Gasteiger partial charge in [-0.2, -0.15) is 0 Å². The molecule has 0 fully saturated rings. The first-order valence-corrected chi connectivity index (χ1v) is 8.93. The molecular formula is C18H20N2O3S. The number of ether oxygens (including phenoxy) is 2. The molecule has 24 heavy (non-hydrogen) atoms. The third kappa shape index (κ3) is 3.94. The van der Waals surface area contributed by atoms with Crippen LogP contribution in [0.1, 0.15) is 5.56 Å². The molecule has 2 amide bonds. The van der Waals surface area contributed by atoms with Gasteiger partial charge in [-0.1, -0.05) is 12.1 Å². The number of nitrogens with one attached hydrogen (secondary N) is 1. The molecule has 0 saturated carbocycles. The summed E-state index contributed by atoms with van der Waals surface area (Å²) in [5.41, 5.74) is 1.78. The Hall–Kier alpha value is -2.34. The first-order chi connectivity index (χ1) is 11.7. The van der Waals surface area contributed by atoms with E-state index in [9.17, 15) is 4.79 Å². The third-order valence-electron chi connectivity index (χ3n) is 3.72. The zero-order valence-electron chi connectivity index (χ0n) is 13.7. The van der Waals surface area contributed by atoms with Crippen LogP contribution in [0.15, 0.2) is 47.4 Å². The molecule has 0 aliphatic carbocycles. The number of carbonyl (C=O) groups excluding carboxylic acids is 1. The molecule has 0 saturated heterocycles. The maximum absolute atomic E-state index is 12.3. The normalized spacial score (nSPS) is 12.6. The quantitative estimate of drug-likeness (QED) is 0.856. The Morgan fingerprint density at radius 1 is 1.12 bits per heavy atom. The van der Waals surface area contributed by atoms with Crippen molar-refractivity contribution in [2.45, 2.75) is 11.4 Å². The van der Waals surface area contributed by atoms with E-state index in [4.69, 9.17) is 9.47 Å². The van der Waals surface area contributed by atoms with Gasteiger partial charge in [0.1, 0.15) is 13.2 Å². The van der Waals surface area contributed by atoms with Gasteiger partial charge in [0.05, 0.1) is 0 Å². The van der Waals surface area contributed by atoms with Gasteiger partial charge in [-0.05, 0) is 36.1 Å². The topological polar surface area (TPSA) is 50.8 Å². The lowest BCUT2D eigenvalue weighted by molar-refractivity contribution is 0.171. The highest BCUT2D eigenvalue weighted by molar-refractivity contribution is 7.98. The molecular weight excluding hydrogens is 324 g/mol. The average Bonchev–Trinajstić information content (AvgIpc) is 2.62. The van der Waals surface area contributed by atoms with E-state index in [1.165, 1.54) is 4.90 Å². The molecule has 1 aliphatic rings. The molecule has 0 atom stereocenters. The van der Waals surface area contributed by atoms with Crippen LogP contribution in [0.25, 0.3) is 0 Å². The molecule has 0 bridgehead atoms. The lowest BCUT2D eigenvalue weighted by Gasteiger charge is -2.21. The molecule has 0 spiro atoms. The lowest BCUT2D eigenvalue weighted by Crippen LogP contribution is -2.30. The molecule has 5 nitrogen and oxygen atoms in total. The number of anilines is 1. The van der Waals surface area contributed by atoms with Crippen LogP contribution in [0.4, 0.5) is 10.5 Å². The van der Waals surface area contributed by atoms with Crippen LogP contribution in [0.3, 0.4) is 0 Å². The number of carbonyl (C=O) groups is 1. The number of thioether (sulfide) groups is 1. The third-order valence-corrected chi connectivity index (χ3v) is 4.46. The van der Waals surface area contributed by atoms with Gasteiger partial charge < -0.3 is 19.7 Å². The highest BCUT2D eigenvalue weighted by atomic mass is 32.2. The van der Waals surface area contributed by atoms with Crippen LogP contribution in [-0.2, 0) is 6.54 Å². The largest absolute Gasteiger partial charge is 0.486 e. The molecule has 6 heteroatoms. The number of nitrogens with zero attached hydrogens (tertiary/aromatic N) is 1. The van der Waals surface area contributed by atoms with Crippen LogP contribution in [0.2, 0.25) is 0 Å². The summed E-state index contributed by atoms with van der Waals surface area (Å²) >= 11 is 1.70. The van der Waals surface area contributed by atoms with Crippen molar-refractivity contribution < 1.29 is 14.3 Å². The van der Waals surface area contributed by atoms with Gasteiger partial charge in [0.2, 0.25) is 0 Å². The number of hydrogen-bond donors (Lipinski definition) is 1. The van der Waals surface area contributed by atoms with E-state index < -0.39 is 0 Å². The van der Waals surface area contributed by atoms with Crippen LogP contribution >= 0.6 is 11.8 Å². The second kappa shape index (κ2) is 7.49. The molecule has 3 rings (SSSR count). The van der Waals surface area contributed by atoms with E-state index >= 15 is 0 Å². The zero-order valence-corrected chi connectivity index (χ0v) is 14.6. The molecule has 0 radical (unpaired) electrons. The minimum atomic E-state index is -0.166. The second-order valence-electron chi connectivity index (χ2n) is 5.49. The Labute approximate surface area is 145 Å². The van der Waals surface area contributed by atoms with Gasteiger partial charge >= 0.3 is 6.03 Å². The van der Waals surface area contributed by atoms with E-state index in [0.29, 0.717) is 36.9 Å². The van der Waals surface area contributed by atoms with Crippen LogP contribution in [0.5, 0.6) is 11.5 Å². The number of urea groups is 1. The average molecular weight is 344 g/mol. The SMILES string of the molecule is CSc1ccc(CN(C)C(=O)Nc2ccc3c(c2)OCCO3)cc1. The Morgan fingerprint density at radius 2 is 1.83 bits per heavy atom. The van der Waals surface area contributed by atoms with Crippen molar-refractivity contribution in [3.8, 4) is 11.5 Å². The van der Waals surface area contributed by atoms with Gasteiger partial charge in [-0.3, -0.25) is 0 Å². The smallest absolute Gasteiger partial charge is 0.321 e. The van der Waals surface area contributed by atoms with Gasteiger partial charge in [0.15, 0.2) is 11.5 Å². The maximum Gasteiger partial charge on any atom is 0.321 e. The predicted octanol–water partition coefficient (Wildman–Crippen LogP) is 3.84. The molecule has 0 unspecified atom stereocenters. The van der Waals surface area contributed by atoms with Gasteiger partial charge in [-0.15, -0.1) is 11.8 Å². The standard InChI is InChI=1S/C18H20N2O3S/c1-20(12-13-3-6-15(24-2)7-4-13)18(21)19-14-5-8-16-17(11-14)23-10-9-22-16/h3-8,11H,9-10,12H2,1-2H3,(H,19,21). The van der Waals surface area contributed by atoms with Crippen LogP contribution < -0.4 is 14.8 Å². The molecule has 1 aliphatic heterocycles. The Morgan fingerprint density at radius 3 is 2.54 bits per heavy atom. The van der Waals surface area contributed by atoms with E-state index in [1.807, 2.05) is 30.5 Å². The summed E-state index contributed by atoms with van der Waals surface area (Å²) in [5.74, 6) is 1.37. The summed E-state index contributed by atoms with van der Waals surface area (Å²) in [4.78, 5) is 15.2. The summed E-state index contributed by atoms with van der Waals surface area (Å²) in [6.07, 6.45) is 2.04. The summed E-state index contributed by atoms with van der Waals surface area (Å²) in [7, 11) is 1.77. The Bertz CT molecular complexity index is 719. The minimum Gasteiger partial charge on any atom is -0.486 e. The van der Waals surface area contributed by atoms with Crippen LogP contribution in [0, 0.1) is 0 Å². The molecule has 126 valence electrons. The van der Waals surface area contributed by atoms with Gasteiger partial charge in [0, 0.05) is 30.2 Å². The van der Waals surface area contributed by atoms with E-state index in [1.54, 1.807) is 29.8 Å². The summed E-state index contributed by atoms with van der Waals surface area (Å²) in [5, 5.41) is 2.88. The van der Waals surface area contributed by atoms with E-state index in [2.05, 4.69) is 17.4 Å². The lowest BCUT2D eigenvalue weighted by atomic mass is 10.2. The summed E-state index contributed by atoms with van der Waals surface area (Å²) in [6.45, 7) is 1.62. The van der Waals surface area contributed by atoms with E-state index in [-0.39, 0.29) is 6.03 Å². The fourth-order valence-corrected chi connectivity index (χ4v) is 2.82. The molecule has 0 aromatic heterocycles. The number of amides is 2. The summed E-state index contributed by atoms with van der Waals surface area (Å²) in [6, 6.07) is 13.4. The highest BCUT2D eigenvalue weighted by Crippen LogP contribution is 2.32. The fraction of sp³-hybridized carbons (Fsp3) is 0.278. The highest BCUT2D eigenvalue weighted by Gasteiger charge is 2.14. The maximum atomic E-state index is 12.3. The number of benzene rings is 2. The van der Waals surface area contributed by atoms with Gasteiger partial charge in [-0.25, -0.2) is 4.79 Å². The monoisotopic (exact) mass is 344 g/mol. The van der Waals surface area contributed by atoms with Crippen LogP contribution in [-0.4, -0.2) is 37.4 Å².